The number of rotatable bonds is 2. The van der Waals surface area contributed by atoms with E-state index < -0.39 is 18.2 Å². The Labute approximate surface area is 78.7 Å². The van der Waals surface area contributed by atoms with E-state index in [2.05, 4.69) is 0 Å². The topological polar surface area (TPSA) is 83.9 Å². The largest absolute Gasteiger partial charge is 0.479 e. The maximum atomic E-state index is 11.0. The molecule has 0 saturated carbocycles. The number of amides is 1. The first-order chi connectivity index (χ1) is 6.65. The summed E-state index contributed by atoms with van der Waals surface area (Å²) in [6.45, 7) is 0. The standard InChI is InChI=1S/C8H7NO5/c10-2-1-4-7(8(12)13)9-5(11)3-6(9)14-4/h1-2,6-7H,3H2,(H,12,13). The average molecular weight is 197 g/mol. The first-order valence-electron chi connectivity index (χ1n) is 4.01. The first kappa shape index (κ1) is 8.74. The molecule has 0 spiro atoms. The van der Waals surface area contributed by atoms with Gasteiger partial charge in [0.1, 0.15) is 12.0 Å². The summed E-state index contributed by atoms with van der Waals surface area (Å²) in [7, 11) is 0. The van der Waals surface area contributed by atoms with E-state index in [9.17, 15) is 14.4 Å². The number of β-lactam (4-membered cyclic amide) rings is 1. The number of ether oxygens (including phenoxy) is 1. The molecular weight excluding hydrogens is 190 g/mol. The number of hydrogen-bond donors (Lipinski definition) is 1. The maximum Gasteiger partial charge on any atom is 0.334 e. The molecule has 0 bridgehead atoms. The highest BCUT2D eigenvalue weighted by atomic mass is 16.5. The van der Waals surface area contributed by atoms with Gasteiger partial charge in [0, 0.05) is 6.08 Å². The number of aliphatic carboxylic acids is 1. The van der Waals surface area contributed by atoms with E-state index >= 15 is 0 Å². The second-order valence-corrected chi connectivity index (χ2v) is 3.02. The predicted molar refractivity (Wildman–Crippen MR) is 41.9 cm³/mol. The lowest BCUT2D eigenvalue weighted by Gasteiger charge is -2.33. The number of hydrogen-bond acceptors (Lipinski definition) is 4. The Morgan fingerprint density at radius 2 is 2.36 bits per heavy atom. The molecule has 0 radical (unpaired) electrons. The predicted octanol–water partition coefficient (Wildman–Crippen LogP) is -0.889. The van der Waals surface area contributed by atoms with Crippen LogP contribution in [-0.4, -0.2) is 40.4 Å². The molecule has 0 aromatic heterocycles. The summed E-state index contributed by atoms with van der Waals surface area (Å²) in [5.74, 6) is -1.42. The molecular formula is C8H7NO5. The van der Waals surface area contributed by atoms with Crippen molar-refractivity contribution in [1.82, 2.24) is 4.90 Å². The fourth-order valence-corrected chi connectivity index (χ4v) is 1.61. The molecule has 14 heavy (non-hydrogen) atoms. The summed E-state index contributed by atoms with van der Waals surface area (Å²) < 4.78 is 5.10. The molecule has 2 fully saturated rings. The molecule has 2 atom stereocenters. The summed E-state index contributed by atoms with van der Waals surface area (Å²) in [6, 6.07) is -1.13. The summed E-state index contributed by atoms with van der Waals surface area (Å²) >= 11 is 0. The van der Waals surface area contributed by atoms with Gasteiger partial charge in [0.15, 0.2) is 12.3 Å². The number of carbonyl (C=O) groups excluding carboxylic acids is 2. The van der Waals surface area contributed by atoms with Gasteiger partial charge in [0.2, 0.25) is 5.91 Å². The molecule has 6 heteroatoms. The molecule has 1 N–H and O–H groups in total. The Morgan fingerprint density at radius 3 is 2.86 bits per heavy atom. The molecule has 74 valence electrons. The van der Waals surface area contributed by atoms with Crippen LogP contribution in [0.1, 0.15) is 6.42 Å². The van der Waals surface area contributed by atoms with Gasteiger partial charge < -0.3 is 9.84 Å². The lowest BCUT2D eigenvalue weighted by molar-refractivity contribution is -0.163. The minimum atomic E-state index is -1.19. The third-order valence-electron chi connectivity index (χ3n) is 2.23. The Balaban J connectivity index is 2.30. The highest BCUT2D eigenvalue weighted by molar-refractivity contribution is 5.91. The Morgan fingerprint density at radius 1 is 1.64 bits per heavy atom. The van der Waals surface area contributed by atoms with Crippen LogP contribution in [0, 0.1) is 0 Å². The van der Waals surface area contributed by atoms with Crippen molar-refractivity contribution >= 4 is 18.2 Å². The zero-order chi connectivity index (χ0) is 10.3. The van der Waals surface area contributed by atoms with E-state index in [0.29, 0.717) is 6.29 Å². The maximum absolute atomic E-state index is 11.0. The molecule has 0 aromatic carbocycles. The van der Waals surface area contributed by atoms with Crippen molar-refractivity contribution in [1.29, 1.82) is 0 Å². The zero-order valence-electron chi connectivity index (χ0n) is 7.04. The molecule has 2 saturated heterocycles. The van der Waals surface area contributed by atoms with Crippen LogP contribution in [0.15, 0.2) is 11.8 Å². The highest BCUT2D eigenvalue weighted by Crippen LogP contribution is 2.35. The van der Waals surface area contributed by atoms with Gasteiger partial charge in [-0.2, -0.15) is 0 Å². The number of aldehydes is 1. The highest BCUT2D eigenvalue weighted by Gasteiger charge is 2.53. The van der Waals surface area contributed by atoms with Gasteiger partial charge in [-0.1, -0.05) is 0 Å². The minimum absolute atomic E-state index is 0.0309. The molecule has 6 nitrogen and oxygen atoms in total. The van der Waals surface area contributed by atoms with Crippen LogP contribution < -0.4 is 0 Å². The zero-order valence-corrected chi connectivity index (χ0v) is 7.04. The number of allylic oxidation sites excluding steroid dienone is 1. The monoisotopic (exact) mass is 197 g/mol. The van der Waals surface area contributed by atoms with Crippen LogP contribution in [0.4, 0.5) is 0 Å². The van der Waals surface area contributed by atoms with E-state index in [4.69, 9.17) is 9.84 Å². The van der Waals surface area contributed by atoms with Gasteiger partial charge in [-0.3, -0.25) is 14.5 Å². The van der Waals surface area contributed by atoms with Crippen LogP contribution in [0.5, 0.6) is 0 Å². The van der Waals surface area contributed by atoms with Gasteiger partial charge in [-0.25, -0.2) is 4.79 Å². The number of carbonyl (C=O) groups is 3. The fourth-order valence-electron chi connectivity index (χ4n) is 1.61. The van der Waals surface area contributed by atoms with Gasteiger partial charge in [-0.15, -0.1) is 0 Å². The van der Waals surface area contributed by atoms with Crippen molar-refractivity contribution in [3.63, 3.8) is 0 Å². The third kappa shape index (κ3) is 1.00. The fraction of sp³-hybridized carbons (Fsp3) is 0.375. The Bertz CT molecular complexity index is 348. The second kappa shape index (κ2) is 2.83. The second-order valence-electron chi connectivity index (χ2n) is 3.02. The lowest BCUT2D eigenvalue weighted by Crippen LogP contribution is -2.54. The van der Waals surface area contributed by atoms with Crippen LogP contribution in [-0.2, 0) is 19.1 Å². The molecule has 2 heterocycles. The SMILES string of the molecule is O=CC=C1OC2CC(=O)N2C1C(=O)O. The van der Waals surface area contributed by atoms with Gasteiger partial charge in [0.05, 0.1) is 6.42 Å². The van der Waals surface area contributed by atoms with Crippen molar-refractivity contribution in [2.45, 2.75) is 18.7 Å². The summed E-state index contributed by atoms with van der Waals surface area (Å²) in [5, 5.41) is 8.82. The molecule has 2 aliphatic rings. The summed E-state index contributed by atoms with van der Waals surface area (Å²) in [4.78, 5) is 33.1. The minimum Gasteiger partial charge on any atom is -0.479 e. The van der Waals surface area contributed by atoms with E-state index in [1.165, 1.54) is 0 Å². The van der Waals surface area contributed by atoms with E-state index in [1.807, 2.05) is 0 Å². The molecule has 1 amide bonds. The van der Waals surface area contributed by atoms with Crippen molar-refractivity contribution < 1.29 is 24.2 Å². The number of nitrogens with zero attached hydrogens (tertiary/aromatic N) is 1. The summed E-state index contributed by atoms with van der Waals surface area (Å²) in [6.07, 6.45) is 1.15. The number of carboxylic acids is 1. The molecule has 0 aromatic rings. The summed E-state index contributed by atoms with van der Waals surface area (Å²) in [5.41, 5.74) is 0. The van der Waals surface area contributed by atoms with Gasteiger partial charge in [-0.05, 0) is 0 Å². The lowest BCUT2D eigenvalue weighted by atomic mass is 10.1. The van der Waals surface area contributed by atoms with Crippen molar-refractivity contribution in [3.8, 4) is 0 Å². The molecule has 2 aliphatic heterocycles. The van der Waals surface area contributed by atoms with Crippen molar-refractivity contribution in [2.24, 2.45) is 0 Å². The third-order valence-corrected chi connectivity index (χ3v) is 2.23. The quantitative estimate of drug-likeness (QED) is 0.352. The van der Waals surface area contributed by atoms with Crippen molar-refractivity contribution in [3.05, 3.63) is 11.8 Å². The van der Waals surface area contributed by atoms with Crippen LogP contribution in [0.25, 0.3) is 0 Å². The van der Waals surface area contributed by atoms with Crippen molar-refractivity contribution in [2.75, 3.05) is 0 Å². The smallest absolute Gasteiger partial charge is 0.334 e. The molecule has 2 rings (SSSR count). The average Bonchev–Trinajstić information content (AvgIpc) is 2.39. The first-order valence-corrected chi connectivity index (χ1v) is 4.01. The van der Waals surface area contributed by atoms with Crippen LogP contribution in [0.2, 0.25) is 0 Å². The van der Waals surface area contributed by atoms with Gasteiger partial charge in [0.25, 0.3) is 0 Å². The van der Waals surface area contributed by atoms with E-state index in [0.717, 1.165) is 11.0 Å². The van der Waals surface area contributed by atoms with E-state index in [1.54, 1.807) is 0 Å². The van der Waals surface area contributed by atoms with Crippen LogP contribution in [0.3, 0.4) is 0 Å². The Hall–Kier alpha value is -1.85. The van der Waals surface area contributed by atoms with Crippen LogP contribution >= 0.6 is 0 Å². The molecule has 0 aliphatic carbocycles. The van der Waals surface area contributed by atoms with Gasteiger partial charge >= 0.3 is 5.97 Å². The normalized spacial score (nSPS) is 32.1. The number of carboxylic acid groups (broad SMARTS) is 1. The Kier molecular flexibility index (Phi) is 1.77. The number of fused-ring (bicyclic) bond motifs is 1. The van der Waals surface area contributed by atoms with E-state index in [-0.39, 0.29) is 18.1 Å². The molecule has 2 unspecified atom stereocenters.